The van der Waals surface area contributed by atoms with Gasteiger partial charge in [-0.1, -0.05) is 28.1 Å². The molecule has 4 aromatic rings. The summed E-state index contributed by atoms with van der Waals surface area (Å²) < 4.78 is 23.2. The van der Waals surface area contributed by atoms with Gasteiger partial charge >= 0.3 is 0 Å². The summed E-state index contributed by atoms with van der Waals surface area (Å²) in [6, 6.07) is 10.7. The smallest absolute Gasteiger partial charge is 0.258 e. The molecule has 0 spiro atoms. The van der Waals surface area contributed by atoms with E-state index < -0.39 is 0 Å². The first kappa shape index (κ1) is 16.4. The van der Waals surface area contributed by atoms with Crippen LogP contribution in [0.1, 0.15) is 5.56 Å². The molecule has 5 rings (SSSR count). The van der Waals surface area contributed by atoms with Crippen LogP contribution >= 0.6 is 15.9 Å². The van der Waals surface area contributed by atoms with Crippen molar-refractivity contribution in [3.05, 3.63) is 52.3 Å². The van der Waals surface area contributed by atoms with Gasteiger partial charge in [-0.25, -0.2) is 8.79 Å². The minimum atomic E-state index is -0.383. The SMILES string of the molecule is Nc1nnc2nc(N3CCOCc4c(Br)cccc43)c3c(F)cccc3n12. The van der Waals surface area contributed by atoms with Crippen LogP contribution in [0.2, 0.25) is 0 Å². The van der Waals surface area contributed by atoms with E-state index in [-0.39, 0.29) is 11.8 Å². The van der Waals surface area contributed by atoms with Gasteiger partial charge in [0.2, 0.25) is 5.95 Å². The van der Waals surface area contributed by atoms with Gasteiger partial charge in [-0.3, -0.25) is 0 Å². The molecule has 0 atom stereocenters. The summed E-state index contributed by atoms with van der Waals surface area (Å²) in [4.78, 5) is 6.57. The van der Waals surface area contributed by atoms with Crippen LogP contribution in [-0.2, 0) is 11.3 Å². The van der Waals surface area contributed by atoms with Crippen molar-refractivity contribution >= 4 is 50.1 Å². The third-order valence-corrected chi connectivity index (χ3v) is 5.42. The number of benzene rings is 2. The molecule has 3 heterocycles. The van der Waals surface area contributed by atoms with E-state index in [4.69, 9.17) is 10.5 Å². The Kier molecular flexibility index (Phi) is 3.73. The molecular weight excluding hydrogens is 415 g/mol. The van der Waals surface area contributed by atoms with Gasteiger partial charge in [0.15, 0.2) is 0 Å². The van der Waals surface area contributed by atoms with Crippen LogP contribution in [0.15, 0.2) is 40.9 Å². The normalized spacial score (nSPS) is 14.5. The summed E-state index contributed by atoms with van der Waals surface area (Å²) in [5, 5.41) is 8.30. The number of nitrogens with zero attached hydrogens (tertiary/aromatic N) is 5. The lowest BCUT2D eigenvalue weighted by atomic mass is 10.1. The molecule has 1 aliphatic heterocycles. The van der Waals surface area contributed by atoms with E-state index in [1.807, 2.05) is 23.1 Å². The van der Waals surface area contributed by atoms with Crippen molar-refractivity contribution in [1.82, 2.24) is 19.6 Å². The minimum absolute atomic E-state index is 0.169. The van der Waals surface area contributed by atoms with E-state index >= 15 is 0 Å². The predicted molar refractivity (Wildman–Crippen MR) is 103 cm³/mol. The van der Waals surface area contributed by atoms with Gasteiger partial charge in [0.1, 0.15) is 11.6 Å². The van der Waals surface area contributed by atoms with Gasteiger partial charge in [-0.05, 0) is 24.3 Å². The fraction of sp³-hybridized carbons (Fsp3) is 0.167. The maximum atomic E-state index is 14.9. The molecule has 0 aliphatic carbocycles. The van der Waals surface area contributed by atoms with Crippen LogP contribution < -0.4 is 10.6 Å². The summed E-state index contributed by atoms with van der Waals surface area (Å²) in [5.41, 5.74) is 8.40. The molecule has 2 aromatic heterocycles. The zero-order valence-corrected chi connectivity index (χ0v) is 15.6. The van der Waals surface area contributed by atoms with Crippen molar-refractivity contribution in [1.29, 1.82) is 0 Å². The maximum Gasteiger partial charge on any atom is 0.258 e. The second-order valence-electron chi connectivity index (χ2n) is 6.20. The fourth-order valence-electron chi connectivity index (χ4n) is 3.47. The Morgan fingerprint density at radius 3 is 2.89 bits per heavy atom. The Morgan fingerprint density at radius 2 is 2.00 bits per heavy atom. The van der Waals surface area contributed by atoms with Crippen LogP contribution in [0.4, 0.5) is 21.8 Å². The summed E-state index contributed by atoms with van der Waals surface area (Å²) in [7, 11) is 0. The summed E-state index contributed by atoms with van der Waals surface area (Å²) in [5.74, 6) is 0.573. The summed E-state index contributed by atoms with van der Waals surface area (Å²) in [6.45, 7) is 1.48. The number of fused-ring (bicyclic) bond motifs is 4. The molecule has 0 radical (unpaired) electrons. The Balaban J connectivity index is 1.87. The first-order valence-corrected chi connectivity index (χ1v) is 9.16. The molecule has 0 saturated carbocycles. The van der Waals surface area contributed by atoms with Crippen molar-refractivity contribution in [2.75, 3.05) is 23.8 Å². The quantitative estimate of drug-likeness (QED) is 0.500. The number of nitrogen functional groups attached to an aromatic ring is 1. The summed E-state index contributed by atoms with van der Waals surface area (Å²) in [6.07, 6.45) is 0. The van der Waals surface area contributed by atoms with Gasteiger partial charge in [0, 0.05) is 22.3 Å². The van der Waals surface area contributed by atoms with E-state index in [1.54, 1.807) is 16.5 Å². The Hall–Kier alpha value is -2.78. The van der Waals surface area contributed by atoms with Gasteiger partial charge in [-0.15, -0.1) is 10.2 Å². The standard InChI is InChI=1S/C18H14BrFN6O/c19-11-3-1-5-13-10(11)9-27-8-7-25(13)16-15-12(20)4-2-6-14(15)26-17(21)23-24-18(26)22-16/h1-6H,7-9H2,(H2,21,23). The van der Waals surface area contributed by atoms with Crippen LogP contribution in [-0.4, -0.2) is 32.7 Å². The second-order valence-corrected chi connectivity index (χ2v) is 7.06. The first-order chi connectivity index (χ1) is 13.1. The van der Waals surface area contributed by atoms with Gasteiger partial charge in [0.25, 0.3) is 5.78 Å². The highest BCUT2D eigenvalue weighted by atomic mass is 79.9. The Morgan fingerprint density at radius 1 is 1.15 bits per heavy atom. The first-order valence-electron chi connectivity index (χ1n) is 8.36. The van der Waals surface area contributed by atoms with Crippen LogP contribution in [0.3, 0.4) is 0 Å². The van der Waals surface area contributed by atoms with Gasteiger partial charge in [0.05, 0.1) is 24.1 Å². The average Bonchev–Trinajstić information content (AvgIpc) is 2.90. The van der Waals surface area contributed by atoms with E-state index in [0.29, 0.717) is 42.3 Å². The van der Waals surface area contributed by atoms with E-state index in [2.05, 4.69) is 31.1 Å². The largest absolute Gasteiger partial charge is 0.375 e. The number of ether oxygens (including phenoxy) is 1. The fourth-order valence-corrected chi connectivity index (χ4v) is 3.94. The van der Waals surface area contributed by atoms with Crippen molar-refractivity contribution in [3.63, 3.8) is 0 Å². The highest BCUT2D eigenvalue weighted by molar-refractivity contribution is 9.10. The molecule has 27 heavy (non-hydrogen) atoms. The van der Waals surface area contributed by atoms with Crippen LogP contribution in [0.5, 0.6) is 0 Å². The van der Waals surface area contributed by atoms with Gasteiger partial charge in [-0.2, -0.15) is 4.98 Å². The minimum Gasteiger partial charge on any atom is -0.375 e. The number of aromatic nitrogens is 4. The molecule has 0 unspecified atom stereocenters. The molecule has 0 bridgehead atoms. The molecule has 0 saturated heterocycles. The Labute approximate surface area is 161 Å². The highest BCUT2D eigenvalue weighted by Crippen LogP contribution is 2.38. The lowest BCUT2D eigenvalue weighted by Gasteiger charge is -2.25. The highest BCUT2D eigenvalue weighted by Gasteiger charge is 2.25. The molecular formula is C18H14BrFN6O. The Bertz CT molecular complexity index is 1190. The van der Waals surface area contributed by atoms with E-state index in [9.17, 15) is 4.39 Å². The summed E-state index contributed by atoms with van der Waals surface area (Å²) >= 11 is 3.58. The molecule has 0 fully saturated rings. The monoisotopic (exact) mass is 428 g/mol. The topological polar surface area (TPSA) is 81.6 Å². The number of anilines is 3. The predicted octanol–water partition coefficient (Wildman–Crippen LogP) is 3.43. The molecule has 136 valence electrons. The number of hydrogen-bond donors (Lipinski definition) is 1. The molecule has 1 aliphatic rings. The van der Waals surface area contributed by atoms with Crippen molar-refractivity contribution in [3.8, 4) is 0 Å². The lowest BCUT2D eigenvalue weighted by Crippen LogP contribution is -2.23. The molecule has 2 aromatic carbocycles. The van der Waals surface area contributed by atoms with Crippen molar-refractivity contribution in [2.24, 2.45) is 0 Å². The van der Waals surface area contributed by atoms with Crippen LogP contribution in [0.25, 0.3) is 16.7 Å². The van der Waals surface area contributed by atoms with Crippen LogP contribution in [0, 0.1) is 5.82 Å². The average molecular weight is 429 g/mol. The van der Waals surface area contributed by atoms with E-state index in [0.717, 1.165) is 15.7 Å². The van der Waals surface area contributed by atoms with Crippen molar-refractivity contribution in [2.45, 2.75) is 6.61 Å². The number of halogens is 2. The molecule has 9 heteroatoms. The third kappa shape index (κ3) is 2.46. The number of nitrogens with two attached hydrogens (primary N) is 1. The lowest BCUT2D eigenvalue weighted by molar-refractivity contribution is 0.133. The zero-order chi connectivity index (χ0) is 18.5. The third-order valence-electron chi connectivity index (χ3n) is 4.68. The zero-order valence-electron chi connectivity index (χ0n) is 14.1. The maximum absolute atomic E-state index is 14.9. The van der Waals surface area contributed by atoms with Crippen molar-refractivity contribution < 1.29 is 9.13 Å². The number of hydrogen-bond acceptors (Lipinski definition) is 6. The molecule has 7 nitrogen and oxygen atoms in total. The second kappa shape index (κ2) is 6.14. The number of rotatable bonds is 1. The van der Waals surface area contributed by atoms with E-state index in [1.165, 1.54) is 6.07 Å². The van der Waals surface area contributed by atoms with Gasteiger partial charge < -0.3 is 15.4 Å². The molecule has 2 N–H and O–H groups in total. The molecule has 0 amide bonds.